The fourth-order valence-electron chi connectivity index (χ4n) is 2.51. The predicted molar refractivity (Wildman–Crippen MR) is 61.4 cm³/mol. The summed E-state index contributed by atoms with van der Waals surface area (Å²) in [5, 5.41) is 0.336. The van der Waals surface area contributed by atoms with E-state index in [1.807, 2.05) is 0 Å². The van der Waals surface area contributed by atoms with Crippen molar-refractivity contribution in [1.29, 1.82) is 0 Å². The van der Waals surface area contributed by atoms with E-state index >= 15 is 0 Å². The summed E-state index contributed by atoms with van der Waals surface area (Å²) in [6, 6.07) is 0. The Morgan fingerprint density at radius 3 is 2.80 bits per heavy atom. The normalized spacial score (nSPS) is 37.0. The summed E-state index contributed by atoms with van der Waals surface area (Å²) in [5.74, 6) is 0.571. The summed E-state index contributed by atoms with van der Waals surface area (Å²) in [6.07, 6.45) is 7.70. The van der Waals surface area contributed by atoms with E-state index in [1.54, 1.807) is 0 Å². The number of hydrogen-bond acceptors (Lipinski definition) is 2. The van der Waals surface area contributed by atoms with Crippen LogP contribution in [0.25, 0.3) is 0 Å². The van der Waals surface area contributed by atoms with Gasteiger partial charge < -0.3 is 9.47 Å². The molecule has 0 spiro atoms. The van der Waals surface area contributed by atoms with Gasteiger partial charge in [-0.1, -0.05) is 6.42 Å². The molecule has 2 saturated heterocycles. The van der Waals surface area contributed by atoms with E-state index in [9.17, 15) is 0 Å². The largest absolute Gasteiger partial charge is 0.381 e. The molecule has 0 bridgehead atoms. The van der Waals surface area contributed by atoms with Gasteiger partial charge in [-0.15, -0.1) is 11.6 Å². The van der Waals surface area contributed by atoms with Crippen LogP contribution in [0.5, 0.6) is 0 Å². The van der Waals surface area contributed by atoms with E-state index in [1.165, 1.54) is 32.1 Å². The van der Waals surface area contributed by atoms with Crippen LogP contribution >= 0.6 is 11.6 Å². The molecule has 3 heteroatoms. The summed E-state index contributed by atoms with van der Waals surface area (Å²) in [7, 11) is 0. The van der Waals surface area contributed by atoms with Crippen LogP contribution < -0.4 is 0 Å². The maximum atomic E-state index is 6.27. The molecular weight excluding hydrogens is 212 g/mol. The lowest BCUT2D eigenvalue weighted by atomic mass is 9.94. The number of halogens is 1. The van der Waals surface area contributed by atoms with Gasteiger partial charge >= 0.3 is 0 Å². The molecule has 2 aliphatic heterocycles. The van der Waals surface area contributed by atoms with Crippen molar-refractivity contribution < 1.29 is 9.47 Å². The van der Waals surface area contributed by atoms with Gasteiger partial charge in [-0.25, -0.2) is 0 Å². The molecule has 3 unspecified atom stereocenters. The van der Waals surface area contributed by atoms with Gasteiger partial charge in [0.1, 0.15) is 0 Å². The molecule has 2 heterocycles. The van der Waals surface area contributed by atoms with Crippen LogP contribution in [-0.2, 0) is 9.47 Å². The summed E-state index contributed by atoms with van der Waals surface area (Å²) in [6.45, 7) is 2.67. The number of hydrogen-bond donors (Lipinski definition) is 0. The summed E-state index contributed by atoms with van der Waals surface area (Å²) in [4.78, 5) is 0. The minimum Gasteiger partial charge on any atom is -0.381 e. The lowest BCUT2D eigenvalue weighted by Gasteiger charge is -2.27. The SMILES string of the molecule is ClC1CCOCC1CCCC1CCCO1. The number of ether oxygens (including phenoxy) is 2. The molecule has 0 saturated carbocycles. The van der Waals surface area contributed by atoms with Crippen molar-refractivity contribution in [2.75, 3.05) is 19.8 Å². The highest BCUT2D eigenvalue weighted by molar-refractivity contribution is 6.20. The van der Waals surface area contributed by atoms with Crippen LogP contribution in [0.2, 0.25) is 0 Å². The molecule has 0 N–H and O–H groups in total. The molecular formula is C12H21ClO2. The van der Waals surface area contributed by atoms with Gasteiger partial charge in [-0.3, -0.25) is 0 Å². The van der Waals surface area contributed by atoms with E-state index in [2.05, 4.69) is 0 Å². The highest BCUT2D eigenvalue weighted by Gasteiger charge is 2.24. The topological polar surface area (TPSA) is 18.5 Å². The summed E-state index contributed by atoms with van der Waals surface area (Å²) >= 11 is 6.27. The molecule has 88 valence electrons. The standard InChI is InChI=1S/C12H21ClO2/c13-12-6-8-14-9-10(12)3-1-4-11-5-2-7-15-11/h10-12H,1-9H2. The predicted octanol–water partition coefficient (Wildman–Crippen LogP) is 2.98. The Kier molecular flexibility index (Phi) is 4.73. The smallest absolute Gasteiger partial charge is 0.0576 e. The van der Waals surface area contributed by atoms with Crippen molar-refractivity contribution in [1.82, 2.24) is 0 Å². The molecule has 0 aromatic rings. The van der Waals surface area contributed by atoms with Crippen LogP contribution in [-0.4, -0.2) is 31.3 Å². The van der Waals surface area contributed by atoms with Crippen molar-refractivity contribution in [3.05, 3.63) is 0 Å². The van der Waals surface area contributed by atoms with Gasteiger partial charge in [0.05, 0.1) is 12.7 Å². The molecule has 2 rings (SSSR count). The van der Waals surface area contributed by atoms with Gasteiger partial charge in [0, 0.05) is 18.6 Å². The first-order valence-corrected chi connectivity index (χ1v) is 6.63. The molecule has 0 amide bonds. The van der Waals surface area contributed by atoms with E-state index in [-0.39, 0.29) is 0 Å². The van der Waals surface area contributed by atoms with E-state index in [0.29, 0.717) is 17.4 Å². The van der Waals surface area contributed by atoms with Gasteiger partial charge in [0.25, 0.3) is 0 Å². The van der Waals surface area contributed by atoms with Crippen molar-refractivity contribution >= 4 is 11.6 Å². The van der Waals surface area contributed by atoms with Gasteiger partial charge in [-0.05, 0) is 38.0 Å². The zero-order valence-electron chi connectivity index (χ0n) is 9.29. The maximum absolute atomic E-state index is 6.27. The highest BCUT2D eigenvalue weighted by atomic mass is 35.5. The zero-order chi connectivity index (χ0) is 10.5. The Labute approximate surface area is 97.3 Å². The average molecular weight is 233 g/mol. The lowest BCUT2D eigenvalue weighted by Crippen LogP contribution is -2.28. The van der Waals surface area contributed by atoms with Gasteiger partial charge in [0.2, 0.25) is 0 Å². The molecule has 0 aromatic heterocycles. The Hall–Kier alpha value is 0.210. The molecule has 0 aliphatic carbocycles. The van der Waals surface area contributed by atoms with Crippen LogP contribution in [0.4, 0.5) is 0 Å². The summed E-state index contributed by atoms with van der Waals surface area (Å²) < 4.78 is 11.1. The van der Waals surface area contributed by atoms with E-state index in [0.717, 1.165) is 26.2 Å². The average Bonchev–Trinajstić information content (AvgIpc) is 2.74. The second kappa shape index (κ2) is 6.07. The second-order valence-corrected chi connectivity index (χ2v) is 5.27. The molecule has 2 aliphatic rings. The molecule has 15 heavy (non-hydrogen) atoms. The third kappa shape index (κ3) is 3.61. The number of alkyl halides is 1. The monoisotopic (exact) mass is 232 g/mol. The van der Waals surface area contributed by atoms with Gasteiger partial charge in [-0.2, -0.15) is 0 Å². The van der Waals surface area contributed by atoms with Crippen molar-refractivity contribution in [3.63, 3.8) is 0 Å². The molecule has 0 aromatic carbocycles. The third-order valence-corrected chi connectivity index (χ3v) is 4.08. The maximum Gasteiger partial charge on any atom is 0.0576 e. The first-order chi connectivity index (χ1) is 7.36. The van der Waals surface area contributed by atoms with Crippen LogP contribution in [0, 0.1) is 5.92 Å². The minimum atomic E-state index is 0.336. The molecule has 0 radical (unpaired) electrons. The first-order valence-electron chi connectivity index (χ1n) is 6.19. The van der Waals surface area contributed by atoms with Crippen LogP contribution in [0.1, 0.15) is 38.5 Å². The van der Waals surface area contributed by atoms with Crippen molar-refractivity contribution in [3.8, 4) is 0 Å². The Bertz CT molecular complexity index is 180. The molecule has 2 fully saturated rings. The highest BCUT2D eigenvalue weighted by Crippen LogP contribution is 2.26. The Morgan fingerprint density at radius 2 is 2.07 bits per heavy atom. The first kappa shape index (κ1) is 11.7. The second-order valence-electron chi connectivity index (χ2n) is 4.71. The van der Waals surface area contributed by atoms with E-state index < -0.39 is 0 Å². The fourth-order valence-corrected chi connectivity index (χ4v) is 2.80. The van der Waals surface area contributed by atoms with Crippen LogP contribution in [0.15, 0.2) is 0 Å². The minimum absolute atomic E-state index is 0.336. The number of rotatable bonds is 4. The van der Waals surface area contributed by atoms with E-state index in [4.69, 9.17) is 21.1 Å². The van der Waals surface area contributed by atoms with Crippen molar-refractivity contribution in [2.24, 2.45) is 5.92 Å². The van der Waals surface area contributed by atoms with Crippen LogP contribution in [0.3, 0.4) is 0 Å². The molecule has 3 atom stereocenters. The Morgan fingerprint density at radius 1 is 1.13 bits per heavy atom. The quantitative estimate of drug-likeness (QED) is 0.694. The Balaban J connectivity index is 1.59. The van der Waals surface area contributed by atoms with Gasteiger partial charge in [0.15, 0.2) is 0 Å². The fraction of sp³-hybridized carbons (Fsp3) is 1.00. The third-order valence-electron chi connectivity index (χ3n) is 3.51. The lowest BCUT2D eigenvalue weighted by molar-refractivity contribution is 0.0499. The van der Waals surface area contributed by atoms with Crippen molar-refractivity contribution in [2.45, 2.75) is 50.0 Å². The zero-order valence-corrected chi connectivity index (χ0v) is 10.0. The molecule has 2 nitrogen and oxygen atoms in total. The summed E-state index contributed by atoms with van der Waals surface area (Å²) in [5.41, 5.74) is 0.